The largest absolute Gasteiger partial charge is 0.493 e. The highest BCUT2D eigenvalue weighted by molar-refractivity contribution is 6.50. The maximum absolute atomic E-state index is 12.1. The van der Waals surface area contributed by atoms with Gasteiger partial charge in [-0.25, -0.2) is 4.79 Å². The van der Waals surface area contributed by atoms with Crippen LogP contribution in [0.25, 0.3) is 0 Å². The Morgan fingerprint density at radius 2 is 1.91 bits per heavy atom. The van der Waals surface area contributed by atoms with Gasteiger partial charge in [0, 0.05) is 12.0 Å². The first-order chi connectivity index (χ1) is 10.3. The molecular formula is C13H13Cl2NO6. The molecular weight excluding hydrogens is 337 g/mol. The van der Waals surface area contributed by atoms with E-state index in [1.807, 2.05) is 0 Å². The van der Waals surface area contributed by atoms with Crippen molar-refractivity contribution in [2.24, 2.45) is 5.92 Å². The molecule has 0 bridgehead atoms. The molecule has 1 fully saturated rings. The average molecular weight is 350 g/mol. The average Bonchev–Trinajstić information content (AvgIpc) is 3.10. The minimum atomic E-state index is -0.885. The van der Waals surface area contributed by atoms with Crippen molar-refractivity contribution in [3.05, 3.63) is 27.8 Å². The smallest absolute Gasteiger partial charge is 0.345 e. The molecule has 1 atom stereocenters. The zero-order chi connectivity index (χ0) is 16.5. The number of ether oxygens (including phenoxy) is 3. The molecule has 0 unspecified atom stereocenters. The van der Waals surface area contributed by atoms with Crippen molar-refractivity contribution < 1.29 is 23.9 Å². The molecule has 0 radical (unpaired) electrons. The molecule has 2 rings (SSSR count). The van der Waals surface area contributed by atoms with Crippen molar-refractivity contribution in [1.29, 1.82) is 0 Å². The summed E-state index contributed by atoms with van der Waals surface area (Å²) in [5.41, 5.74) is -0.653. The predicted octanol–water partition coefficient (Wildman–Crippen LogP) is 2.96. The Labute approximate surface area is 136 Å². The quantitative estimate of drug-likeness (QED) is 0.339. The summed E-state index contributed by atoms with van der Waals surface area (Å²) in [7, 11) is 2.70. The summed E-state index contributed by atoms with van der Waals surface area (Å²) in [4.78, 5) is 22.5. The van der Waals surface area contributed by atoms with E-state index in [-0.39, 0.29) is 29.6 Å². The van der Waals surface area contributed by atoms with Crippen molar-refractivity contribution in [2.45, 2.75) is 10.8 Å². The molecule has 7 nitrogen and oxygen atoms in total. The van der Waals surface area contributed by atoms with E-state index in [1.165, 1.54) is 20.3 Å². The first-order valence-corrected chi connectivity index (χ1v) is 7.01. The monoisotopic (exact) mass is 349 g/mol. The first-order valence-electron chi connectivity index (χ1n) is 6.25. The Bertz CT molecular complexity index is 619. The standard InChI is InChI=1S/C13H13Cl2NO6/c1-20-10-3-8(9(16(18)19)4-11(10)21-2)12(17)22-6-7-5-13(7,14)15/h3-4,7H,5-6H2,1-2H3/t7-/m1/s1. The second kappa shape index (κ2) is 6.18. The SMILES string of the molecule is COc1cc(C(=O)OC[C@H]2CC2(Cl)Cl)c([N+](=O)[O-])cc1OC. The van der Waals surface area contributed by atoms with E-state index >= 15 is 0 Å². The van der Waals surface area contributed by atoms with Crippen molar-refractivity contribution in [1.82, 2.24) is 0 Å². The van der Waals surface area contributed by atoms with Gasteiger partial charge in [-0.05, 0) is 6.42 Å². The molecule has 0 spiro atoms. The van der Waals surface area contributed by atoms with Gasteiger partial charge in [0.2, 0.25) is 0 Å². The maximum atomic E-state index is 12.1. The fourth-order valence-corrected chi connectivity index (χ4v) is 2.39. The van der Waals surface area contributed by atoms with Crippen LogP contribution >= 0.6 is 23.2 Å². The molecule has 0 amide bonds. The normalized spacial score (nSPS) is 18.5. The maximum Gasteiger partial charge on any atom is 0.345 e. The van der Waals surface area contributed by atoms with Crippen LogP contribution in [0.4, 0.5) is 5.69 Å². The van der Waals surface area contributed by atoms with E-state index in [1.54, 1.807) is 0 Å². The number of nitro benzene ring substituents is 1. The van der Waals surface area contributed by atoms with E-state index in [0.29, 0.717) is 6.42 Å². The van der Waals surface area contributed by atoms with Gasteiger partial charge in [0.1, 0.15) is 9.90 Å². The van der Waals surface area contributed by atoms with Crippen LogP contribution in [0, 0.1) is 16.0 Å². The highest BCUT2D eigenvalue weighted by Gasteiger charge is 2.52. The summed E-state index contributed by atoms with van der Waals surface area (Å²) in [5.74, 6) is -0.674. The number of carbonyl (C=O) groups is 1. The summed E-state index contributed by atoms with van der Waals surface area (Å²) in [6.45, 7) is -0.00265. The number of benzene rings is 1. The van der Waals surface area contributed by atoms with Crippen molar-refractivity contribution in [3.63, 3.8) is 0 Å². The molecule has 1 aliphatic rings. The fraction of sp³-hybridized carbons (Fsp3) is 0.462. The van der Waals surface area contributed by atoms with Gasteiger partial charge in [-0.3, -0.25) is 10.1 Å². The molecule has 120 valence electrons. The molecule has 0 N–H and O–H groups in total. The molecule has 0 heterocycles. The number of halogens is 2. The number of nitrogens with zero attached hydrogens (tertiary/aromatic N) is 1. The zero-order valence-electron chi connectivity index (χ0n) is 11.8. The number of esters is 1. The van der Waals surface area contributed by atoms with E-state index in [4.69, 9.17) is 37.4 Å². The van der Waals surface area contributed by atoms with Gasteiger partial charge < -0.3 is 14.2 Å². The number of nitro groups is 1. The third-order valence-electron chi connectivity index (χ3n) is 3.29. The zero-order valence-corrected chi connectivity index (χ0v) is 13.3. The van der Waals surface area contributed by atoms with Crippen molar-refractivity contribution in [2.75, 3.05) is 20.8 Å². The molecule has 1 aromatic carbocycles. The van der Waals surface area contributed by atoms with E-state index < -0.39 is 20.9 Å². The molecule has 0 aliphatic heterocycles. The Balaban J connectivity index is 2.24. The van der Waals surface area contributed by atoms with Crippen LogP contribution in [0.5, 0.6) is 11.5 Å². The Hall–Kier alpha value is -1.73. The first kappa shape index (κ1) is 16.6. The molecule has 1 aliphatic carbocycles. The Kier molecular flexibility index (Phi) is 4.67. The molecule has 9 heteroatoms. The third kappa shape index (κ3) is 3.36. The van der Waals surface area contributed by atoms with Crippen LogP contribution in [-0.4, -0.2) is 36.1 Å². The molecule has 0 saturated heterocycles. The number of hydrogen-bond donors (Lipinski definition) is 0. The van der Waals surface area contributed by atoms with Crippen molar-refractivity contribution >= 4 is 34.9 Å². The van der Waals surface area contributed by atoms with Crippen LogP contribution in [0.2, 0.25) is 0 Å². The number of rotatable bonds is 6. The minimum Gasteiger partial charge on any atom is -0.493 e. The lowest BCUT2D eigenvalue weighted by Gasteiger charge is -2.10. The second-order valence-corrected chi connectivity index (χ2v) is 6.28. The minimum absolute atomic E-state index is 0.00265. The van der Waals surface area contributed by atoms with Gasteiger partial charge in [-0.1, -0.05) is 0 Å². The van der Waals surface area contributed by atoms with Gasteiger partial charge >= 0.3 is 5.97 Å². The fourth-order valence-electron chi connectivity index (χ4n) is 1.89. The second-order valence-electron chi connectivity index (χ2n) is 4.74. The number of hydrogen-bond acceptors (Lipinski definition) is 6. The van der Waals surface area contributed by atoms with Crippen LogP contribution in [0.15, 0.2) is 12.1 Å². The summed E-state index contributed by atoms with van der Waals surface area (Å²) in [5, 5.41) is 11.1. The van der Waals surface area contributed by atoms with E-state index in [2.05, 4.69) is 0 Å². The van der Waals surface area contributed by atoms with Crippen LogP contribution in [-0.2, 0) is 4.74 Å². The summed E-state index contributed by atoms with van der Waals surface area (Å²) >= 11 is 11.7. The van der Waals surface area contributed by atoms with E-state index in [9.17, 15) is 14.9 Å². The lowest BCUT2D eigenvalue weighted by atomic mass is 10.1. The summed E-state index contributed by atoms with van der Waals surface area (Å²) < 4.78 is 14.2. The summed E-state index contributed by atoms with van der Waals surface area (Å²) in [6.07, 6.45) is 0.511. The topological polar surface area (TPSA) is 87.9 Å². The molecule has 0 aromatic heterocycles. The Morgan fingerprint density at radius 3 is 2.36 bits per heavy atom. The number of alkyl halides is 2. The highest BCUT2D eigenvalue weighted by Crippen LogP contribution is 2.53. The van der Waals surface area contributed by atoms with Gasteiger partial charge in [0.25, 0.3) is 5.69 Å². The van der Waals surface area contributed by atoms with Crippen LogP contribution < -0.4 is 9.47 Å². The Morgan fingerprint density at radius 1 is 1.36 bits per heavy atom. The van der Waals surface area contributed by atoms with Crippen LogP contribution in [0.3, 0.4) is 0 Å². The number of carbonyl (C=O) groups excluding carboxylic acids is 1. The van der Waals surface area contributed by atoms with Gasteiger partial charge in [0.05, 0.1) is 31.8 Å². The van der Waals surface area contributed by atoms with Gasteiger partial charge in [-0.2, -0.15) is 0 Å². The van der Waals surface area contributed by atoms with E-state index in [0.717, 1.165) is 6.07 Å². The highest BCUT2D eigenvalue weighted by atomic mass is 35.5. The van der Waals surface area contributed by atoms with Crippen LogP contribution in [0.1, 0.15) is 16.8 Å². The molecule has 22 heavy (non-hydrogen) atoms. The summed E-state index contributed by atoms with van der Waals surface area (Å²) in [6, 6.07) is 2.32. The predicted molar refractivity (Wildman–Crippen MR) is 79.0 cm³/mol. The molecule has 1 saturated carbocycles. The third-order valence-corrected chi connectivity index (χ3v) is 4.22. The molecule has 1 aromatic rings. The van der Waals surface area contributed by atoms with Crippen molar-refractivity contribution in [3.8, 4) is 11.5 Å². The lowest BCUT2D eigenvalue weighted by molar-refractivity contribution is -0.385. The number of methoxy groups -OCH3 is 2. The van der Waals surface area contributed by atoms with Gasteiger partial charge in [0.15, 0.2) is 11.5 Å². The lowest BCUT2D eigenvalue weighted by Crippen LogP contribution is -2.12. The van der Waals surface area contributed by atoms with Gasteiger partial charge in [-0.15, -0.1) is 23.2 Å².